The second-order valence-electron chi connectivity index (χ2n) is 6.53. The lowest BCUT2D eigenvalue weighted by Gasteiger charge is -2.36. The molecule has 0 aromatic heterocycles. The van der Waals surface area contributed by atoms with Gasteiger partial charge in [-0.2, -0.15) is 0 Å². The molecule has 110 valence electrons. The van der Waals surface area contributed by atoms with Crippen molar-refractivity contribution in [1.82, 2.24) is 10.2 Å². The van der Waals surface area contributed by atoms with Crippen LogP contribution >= 0.6 is 0 Å². The molecule has 0 bridgehead atoms. The molecule has 0 aliphatic carbocycles. The summed E-state index contributed by atoms with van der Waals surface area (Å²) >= 11 is 0. The number of nitrogens with zero attached hydrogens (tertiary/aromatic N) is 1. The molecule has 1 aliphatic rings. The van der Waals surface area contributed by atoms with E-state index in [4.69, 9.17) is 4.74 Å². The maximum Gasteiger partial charge on any atom is 0.329 e. The molecular weight excluding hydrogens is 244 g/mol. The van der Waals surface area contributed by atoms with E-state index < -0.39 is 11.6 Å². The number of carbonyl (C=O) groups is 2. The Morgan fingerprint density at radius 2 is 1.79 bits per heavy atom. The van der Waals surface area contributed by atoms with Crippen molar-refractivity contribution >= 4 is 11.9 Å². The van der Waals surface area contributed by atoms with Gasteiger partial charge in [0.1, 0.15) is 11.6 Å². The summed E-state index contributed by atoms with van der Waals surface area (Å²) in [5.74, 6) is -0.292. The topological polar surface area (TPSA) is 58.6 Å². The molecule has 1 fully saturated rings. The Bertz CT molecular complexity index is 343. The summed E-state index contributed by atoms with van der Waals surface area (Å²) in [6.45, 7) is 10.7. The van der Waals surface area contributed by atoms with Crippen LogP contribution in [0, 0.1) is 11.8 Å². The van der Waals surface area contributed by atoms with E-state index in [1.807, 2.05) is 34.6 Å². The normalized spacial score (nSPS) is 17.8. The Labute approximate surface area is 115 Å². The first-order valence-electron chi connectivity index (χ1n) is 6.83. The molecule has 0 radical (unpaired) electrons. The lowest BCUT2D eigenvalue weighted by atomic mass is 9.97. The Morgan fingerprint density at radius 1 is 1.26 bits per heavy atom. The molecule has 1 amide bonds. The summed E-state index contributed by atoms with van der Waals surface area (Å²) in [5.41, 5.74) is -0.536. The zero-order valence-corrected chi connectivity index (χ0v) is 12.8. The highest BCUT2D eigenvalue weighted by Gasteiger charge is 2.37. The lowest BCUT2D eigenvalue weighted by Crippen LogP contribution is -2.56. The highest BCUT2D eigenvalue weighted by Crippen LogP contribution is 2.19. The SMILES string of the molecule is CC(C)C(C(=O)OC(C)(C)C)N(C)C(=O)C1CNC1. The van der Waals surface area contributed by atoms with Crippen LogP contribution in [0.25, 0.3) is 0 Å². The summed E-state index contributed by atoms with van der Waals surface area (Å²) in [4.78, 5) is 26.0. The van der Waals surface area contributed by atoms with Gasteiger partial charge in [0.2, 0.25) is 5.91 Å². The summed E-state index contributed by atoms with van der Waals surface area (Å²) in [6, 6.07) is -0.521. The van der Waals surface area contributed by atoms with Crippen molar-refractivity contribution < 1.29 is 14.3 Å². The largest absolute Gasteiger partial charge is 0.458 e. The van der Waals surface area contributed by atoms with Gasteiger partial charge in [0.05, 0.1) is 5.92 Å². The third kappa shape index (κ3) is 4.20. The summed E-state index contributed by atoms with van der Waals surface area (Å²) < 4.78 is 5.42. The van der Waals surface area contributed by atoms with Crippen molar-refractivity contribution in [3.63, 3.8) is 0 Å². The Hall–Kier alpha value is -1.10. The van der Waals surface area contributed by atoms with Crippen LogP contribution in [-0.2, 0) is 14.3 Å². The zero-order chi connectivity index (χ0) is 14.8. The molecule has 0 spiro atoms. The maximum atomic E-state index is 12.2. The molecule has 1 heterocycles. The molecule has 1 unspecified atom stereocenters. The van der Waals surface area contributed by atoms with E-state index in [0.717, 1.165) is 0 Å². The van der Waals surface area contributed by atoms with Crippen molar-refractivity contribution in [3.8, 4) is 0 Å². The van der Waals surface area contributed by atoms with E-state index in [2.05, 4.69) is 5.32 Å². The van der Waals surface area contributed by atoms with Gasteiger partial charge in [0.25, 0.3) is 0 Å². The minimum atomic E-state index is -0.536. The standard InChI is InChI=1S/C14H26N2O3/c1-9(2)11(13(18)19-14(3,4)5)16(6)12(17)10-7-15-8-10/h9-11,15H,7-8H2,1-6H3. The molecular formula is C14H26N2O3. The molecule has 1 N–H and O–H groups in total. The van der Waals surface area contributed by atoms with E-state index in [9.17, 15) is 9.59 Å². The van der Waals surface area contributed by atoms with Crippen LogP contribution < -0.4 is 5.32 Å². The van der Waals surface area contributed by atoms with Crippen LogP contribution in [0.2, 0.25) is 0 Å². The van der Waals surface area contributed by atoms with Gasteiger partial charge >= 0.3 is 5.97 Å². The first kappa shape index (κ1) is 16.0. The Balaban J connectivity index is 2.75. The van der Waals surface area contributed by atoms with Crippen molar-refractivity contribution in [2.75, 3.05) is 20.1 Å². The molecule has 1 rings (SSSR count). The first-order valence-corrected chi connectivity index (χ1v) is 6.83. The van der Waals surface area contributed by atoms with Crippen LogP contribution in [0.4, 0.5) is 0 Å². The Morgan fingerprint density at radius 3 is 2.11 bits per heavy atom. The number of hydrogen-bond donors (Lipinski definition) is 1. The number of amides is 1. The number of nitrogens with one attached hydrogen (secondary N) is 1. The van der Waals surface area contributed by atoms with Gasteiger partial charge in [-0.15, -0.1) is 0 Å². The monoisotopic (exact) mass is 270 g/mol. The van der Waals surface area contributed by atoms with Gasteiger partial charge in [0, 0.05) is 20.1 Å². The molecule has 5 nitrogen and oxygen atoms in total. The molecule has 0 saturated carbocycles. The summed E-state index contributed by atoms with van der Waals surface area (Å²) in [5, 5.41) is 3.07. The fraction of sp³-hybridized carbons (Fsp3) is 0.857. The zero-order valence-electron chi connectivity index (χ0n) is 12.8. The lowest BCUT2D eigenvalue weighted by molar-refractivity contribution is -0.167. The van der Waals surface area contributed by atoms with Crippen LogP contribution in [0.3, 0.4) is 0 Å². The molecule has 0 aromatic carbocycles. The van der Waals surface area contributed by atoms with Crippen molar-refractivity contribution in [1.29, 1.82) is 0 Å². The molecule has 1 saturated heterocycles. The highest BCUT2D eigenvalue weighted by atomic mass is 16.6. The summed E-state index contributed by atoms with van der Waals surface area (Å²) in [7, 11) is 1.69. The average Bonchev–Trinajstić information content (AvgIpc) is 2.10. The number of likely N-dealkylation sites (N-methyl/N-ethyl adjacent to an activating group) is 1. The maximum absolute atomic E-state index is 12.2. The quantitative estimate of drug-likeness (QED) is 0.775. The molecule has 5 heteroatoms. The number of ether oxygens (including phenoxy) is 1. The van der Waals surface area contributed by atoms with Gasteiger partial charge in [0.15, 0.2) is 0 Å². The van der Waals surface area contributed by atoms with Gasteiger partial charge in [-0.25, -0.2) is 4.79 Å². The van der Waals surface area contributed by atoms with Crippen LogP contribution in [-0.4, -0.2) is 48.6 Å². The molecule has 0 aromatic rings. The molecule has 19 heavy (non-hydrogen) atoms. The van der Waals surface area contributed by atoms with Crippen LogP contribution in [0.5, 0.6) is 0 Å². The fourth-order valence-electron chi connectivity index (χ4n) is 2.13. The van der Waals surface area contributed by atoms with E-state index in [-0.39, 0.29) is 23.7 Å². The van der Waals surface area contributed by atoms with E-state index in [1.165, 1.54) is 0 Å². The van der Waals surface area contributed by atoms with Gasteiger partial charge in [-0.3, -0.25) is 4.79 Å². The van der Waals surface area contributed by atoms with E-state index in [1.54, 1.807) is 11.9 Å². The number of hydrogen-bond acceptors (Lipinski definition) is 4. The third-order valence-electron chi connectivity index (χ3n) is 3.18. The van der Waals surface area contributed by atoms with Gasteiger partial charge in [-0.05, 0) is 26.7 Å². The van der Waals surface area contributed by atoms with E-state index in [0.29, 0.717) is 13.1 Å². The van der Waals surface area contributed by atoms with Gasteiger partial charge in [-0.1, -0.05) is 13.8 Å². The number of carbonyl (C=O) groups excluding carboxylic acids is 2. The second-order valence-corrected chi connectivity index (χ2v) is 6.53. The molecule has 1 atom stereocenters. The van der Waals surface area contributed by atoms with Gasteiger partial charge < -0.3 is 15.0 Å². The van der Waals surface area contributed by atoms with Crippen LogP contribution in [0.1, 0.15) is 34.6 Å². The fourth-order valence-corrected chi connectivity index (χ4v) is 2.13. The highest BCUT2D eigenvalue weighted by molar-refractivity contribution is 5.86. The Kier molecular flexibility index (Phi) is 4.96. The van der Waals surface area contributed by atoms with Crippen molar-refractivity contribution in [3.05, 3.63) is 0 Å². The van der Waals surface area contributed by atoms with Crippen molar-refractivity contribution in [2.45, 2.75) is 46.3 Å². The van der Waals surface area contributed by atoms with Crippen molar-refractivity contribution in [2.24, 2.45) is 11.8 Å². The average molecular weight is 270 g/mol. The predicted molar refractivity (Wildman–Crippen MR) is 73.6 cm³/mol. The minimum Gasteiger partial charge on any atom is -0.458 e. The predicted octanol–water partition coefficient (Wildman–Crippen LogP) is 1.03. The first-order chi connectivity index (χ1) is 8.63. The second kappa shape index (κ2) is 5.90. The number of esters is 1. The third-order valence-corrected chi connectivity index (χ3v) is 3.18. The smallest absolute Gasteiger partial charge is 0.329 e. The van der Waals surface area contributed by atoms with Crippen LogP contribution in [0.15, 0.2) is 0 Å². The minimum absolute atomic E-state index is 0.00585. The summed E-state index contributed by atoms with van der Waals surface area (Å²) in [6.07, 6.45) is 0. The molecule has 1 aliphatic heterocycles. The number of rotatable bonds is 4. The van der Waals surface area contributed by atoms with E-state index >= 15 is 0 Å².